The maximum absolute atomic E-state index is 4.49. The van der Waals surface area contributed by atoms with Gasteiger partial charge in [0.05, 0.1) is 5.52 Å². The molecule has 2 rings (SSSR count). The molecule has 2 aromatic heterocycles. The van der Waals surface area contributed by atoms with Crippen molar-refractivity contribution in [1.29, 1.82) is 0 Å². The van der Waals surface area contributed by atoms with Crippen molar-refractivity contribution in [3.05, 3.63) is 33.2 Å². The fourth-order valence-corrected chi connectivity index (χ4v) is 2.29. The number of fused-ring (bicyclic) bond motifs is 1. The van der Waals surface area contributed by atoms with E-state index in [1.54, 1.807) is 0 Å². The lowest BCUT2D eigenvalue weighted by Gasteiger charge is -2.03. The van der Waals surface area contributed by atoms with Gasteiger partial charge in [0.1, 0.15) is 10.4 Å². The third-order valence-corrected chi connectivity index (χ3v) is 3.15. The zero-order valence-electron chi connectivity index (χ0n) is 7.96. The molecule has 14 heavy (non-hydrogen) atoms. The molecule has 0 unspecified atom stereocenters. The smallest absolute Gasteiger partial charge is 0.132 e. The van der Waals surface area contributed by atoms with E-state index in [0.717, 1.165) is 20.4 Å². The van der Waals surface area contributed by atoms with E-state index in [4.69, 9.17) is 0 Å². The molecular weight excluding hydrogens is 308 g/mol. The predicted octanol–water partition coefficient (Wildman–Crippen LogP) is 3.98. The third-order valence-electron chi connectivity index (χ3n) is 2.10. The Hall–Kier alpha value is -0.350. The largest absolute Gasteiger partial charge is 0.301 e. The molecule has 4 heteroatoms. The Morgan fingerprint density at radius 3 is 2.64 bits per heavy atom. The van der Waals surface area contributed by atoms with E-state index in [9.17, 15) is 0 Å². The van der Waals surface area contributed by atoms with Gasteiger partial charge in [-0.1, -0.05) is 13.8 Å². The molecule has 74 valence electrons. The Kier molecular flexibility index (Phi) is 2.66. The van der Waals surface area contributed by atoms with E-state index < -0.39 is 0 Å². The number of halogens is 2. The Balaban J connectivity index is 2.79. The summed E-state index contributed by atoms with van der Waals surface area (Å²) in [5, 5.41) is 0. The normalized spacial score (nSPS) is 11.5. The highest BCUT2D eigenvalue weighted by Crippen LogP contribution is 2.25. The van der Waals surface area contributed by atoms with Crippen LogP contribution in [0.2, 0.25) is 0 Å². The van der Waals surface area contributed by atoms with Crippen molar-refractivity contribution in [3.8, 4) is 0 Å². The summed E-state index contributed by atoms with van der Waals surface area (Å²) >= 11 is 6.92. The molecule has 0 saturated carbocycles. The maximum Gasteiger partial charge on any atom is 0.132 e. The van der Waals surface area contributed by atoms with Crippen LogP contribution in [-0.2, 0) is 0 Å². The fraction of sp³-hybridized carbons (Fsp3) is 0.300. The number of hydrogen-bond acceptors (Lipinski definition) is 1. The van der Waals surface area contributed by atoms with Gasteiger partial charge in [-0.15, -0.1) is 0 Å². The van der Waals surface area contributed by atoms with Gasteiger partial charge in [-0.3, -0.25) is 0 Å². The summed E-state index contributed by atoms with van der Waals surface area (Å²) in [6.07, 6.45) is 2.04. The van der Waals surface area contributed by atoms with Crippen molar-refractivity contribution >= 4 is 37.4 Å². The molecule has 0 amide bonds. The first-order chi connectivity index (χ1) is 6.59. The van der Waals surface area contributed by atoms with Gasteiger partial charge in [0.25, 0.3) is 0 Å². The van der Waals surface area contributed by atoms with Crippen LogP contribution in [0.4, 0.5) is 0 Å². The highest BCUT2D eigenvalue weighted by molar-refractivity contribution is 9.10. The molecule has 2 heterocycles. The second-order valence-corrected chi connectivity index (χ2v) is 5.18. The summed E-state index contributed by atoms with van der Waals surface area (Å²) in [5.41, 5.74) is 1.11. The predicted molar refractivity (Wildman–Crippen MR) is 64.7 cm³/mol. The van der Waals surface area contributed by atoms with Gasteiger partial charge in [0.15, 0.2) is 0 Å². The first kappa shape index (κ1) is 10.2. The number of pyridine rings is 1. The Labute approximate surface area is 99.6 Å². The number of hydrogen-bond donors (Lipinski definition) is 0. The zero-order valence-corrected chi connectivity index (χ0v) is 11.1. The van der Waals surface area contributed by atoms with Gasteiger partial charge >= 0.3 is 0 Å². The average Bonchev–Trinajstić information content (AvgIpc) is 2.43. The van der Waals surface area contributed by atoms with E-state index in [1.165, 1.54) is 0 Å². The van der Waals surface area contributed by atoms with Crippen molar-refractivity contribution in [2.24, 2.45) is 0 Å². The molecule has 0 aromatic carbocycles. The van der Waals surface area contributed by atoms with E-state index in [0.29, 0.717) is 5.92 Å². The highest BCUT2D eigenvalue weighted by atomic mass is 79.9. The summed E-state index contributed by atoms with van der Waals surface area (Å²) in [7, 11) is 0. The lowest BCUT2D eigenvalue weighted by Crippen LogP contribution is -1.96. The second kappa shape index (κ2) is 3.66. The van der Waals surface area contributed by atoms with Crippen molar-refractivity contribution in [2.75, 3.05) is 0 Å². The van der Waals surface area contributed by atoms with Crippen molar-refractivity contribution < 1.29 is 0 Å². The third kappa shape index (κ3) is 1.61. The van der Waals surface area contributed by atoms with Gasteiger partial charge in [0.2, 0.25) is 0 Å². The van der Waals surface area contributed by atoms with Crippen molar-refractivity contribution in [1.82, 2.24) is 9.38 Å². The van der Waals surface area contributed by atoms with Gasteiger partial charge < -0.3 is 4.40 Å². The standard InChI is InChI=1S/C10H10Br2N2/c1-6(2)10-13-9(12)8-4-3-7(11)5-14(8)10/h3-6H,1-2H3. The van der Waals surface area contributed by atoms with Crippen LogP contribution < -0.4 is 0 Å². The van der Waals surface area contributed by atoms with E-state index >= 15 is 0 Å². The molecule has 0 aliphatic rings. The molecule has 0 spiro atoms. The topological polar surface area (TPSA) is 17.3 Å². The average molecular weight is 318 g/mol. The number of aromatic nitrogens is 2. The minimum Gasteiger partial charge on any atom is -0.301 e. The summed E-state index contributed by atoms with van der Waals surface area (Å²) in [6.45, 7) is 4.28. The Morgan fingerprint density at radius 1 is 1.29 bits per heavy atom. The van der Waals surface area contributed by atoms with Crippen LogP contribution in [0.5, 0.6) is 0 Å². The minimum absolute atomic E-state index is 0.420. The zero-order chi connectivity index (χ0) is 10.3. The molecule has 0 aliphatic heterocycles. The van der Waals surface area contributed by atoms with Crippen LogP contribution in [-0.4, -0.2) is 9.38 Å². The van der Waals surface area contributed by atoms with E-state index in [2.05, 4.69) is 55.1 Å². The van der Waals surface area contributed by atoms with E-state index in [1.807, 2.05) is 18.3 Å². The molecule has 0 bridgehead atoms. The summed E-state index contributed by atoms with van der Waals surface area (Å²) in [6, 6.07) is 4.07. The summed E-state index contributed by atoms with van der Waals surface area (Å²) < 4.78 is 4.09. The molecule has 2 nitrogen and oxygen atoms in total. The lowest BCUT2D eigenvalue weighted by molar-refractivity contribution is 0.768. The molecular formula is C10H10Br2N2. The molecule has 0 radical (unpaired) electrons. The monoisotopic (exact) mass is 316 g/mol. The van der Waals surface area contributed by atoms with Crippen molar-refractivity contribution in [2.45, 2.75) is 19.8 Å². The van der Waals surface area contributed by atoms with Crippen LogP contribution in [0.25, 0.3) is 5.52 Å². The molecule has 0 aliphatic carbocycles. The number of rotatable bonds is 1. The fourth-order valence-electron chi connectivity index (χ4n) is 1.45. The molecule has 0 fully saturated rings. The van der Waals surface area contributed by atoms with Crippen LogP contribution in [0.1, 0.15) is 25.6 Å². The van der Waals surface area contributed by atoms with Gasteiger partial charge in [-0.25, -0.2) is 4.98 Å². The lowest BCUT2D eigenvalue weighted by atomic mass is 10.2. The second-order valence-electron chi connectivity index (χ2n) is 3.52. The first-order valence-electron chi connectivity index (χ1n) is 4.42. The van der Waals surface area contributed by atoms with Gasteiger partial charge in [0, 0.05) is 16.6 Å². The molecule has 2 aromatic rings. The molecule has 0 saturated heterocycles. The van der Waals surface area contributed by atoms with E-state index in [-0.39, 0.29) is 0 Å². The van der Waals surface area contributed by atoms with Gasteiger partial charge in [-0.05, 0) is 44.0 Å². The molecule has 0 atom stereocenters. The van der Waals surface area contributed by atoms with Crippen LogP contribution in [0.3, 0.4) is 0 Å². The van der Waals surface area contributed by atoms with Gasteiger partial charge in [-0.2, -0.15) is 0 Å². The minimum atomic E-state index is 0.420. The quantitative estimate of drug-likeness (QED) is 0.777. The van der Waals surface area contributed by atoms with Crippen LogP contribution >= 0.6 is 31.9 Å². The summed E-state index contributed by atoms with van der Waals surface area (Å²) in [5.74, 6) is 1.50. The SMILES string of the molecule is CC(C)c1nc(Br)c2ccc(Br)cn12. The highest BCUT2D eigenvalue weighted by Gasteiger charge is 2.11. The van der Waals surface area contributed by atoms with Crippen molar-refractivity contribution in [3.63, 3.8) is 0 Å². The summed E-state index contributed by atoms with van der Waals surface area (Å²) in [4.78, 5) is 4.49. The molecule has 0 N–H and O–H groups in total. The first-order valence-corrected chi connectivity index (χ1v) is 6.01. The maximum atomic E-state index is 4.49. The Bertz CT molecular complexity index is 474. The number of imidazole rings is 1. The Morgan fingerprint density at radius 2 is 2.00 bits per heavy atom. The number of nitrogens with zero attached hydrogens (tertiary/aromatic N) is 2. The van der Waals surface area contributed by atoms with Crippen LogP contribution in [0, 0.1) is 0 Å². The van der Waals surface area contributed by atoms with Crippen LogP contribution in [0.15, 0.2) is 27.4 Å².